The second-order valence-corrected chi connectivity index (χ2v) is 8.67. The van der Waals surface area contributed by atoms with Gasteiger partial charge in [0.25, 0.3) is 5.91 Å². The Morgan fingerprint density at radius 1 is 0.906 bits per heavy atom. The SMILES string of the molecule is Cc1ccccc1N1CC[NH+](CC(=O)N2c3ccccc3OC[C@@H]2c2ccccc2)CC1. The quantitative estimate of drug-likeness (QED) is 0.694. The topological polar surface area (TPSA) is 37.2 Å². The van der Waals surface area contributed by atoms with E-state index >= 15 is 0 Å². The van der Waals surface area contributed by atoms with Gasteiger partial charge >= 0.3 is 0 Å². The van der Waals surface area contributed by atoms with E-state index in [0.717, 1.165) is 43.2 Å². The molecule has 1 fully saturated rings. The molecule has 1 atom stereocenters. The maximum absolute atomic E-state index is 13.7. The van der Waals surface area contributed by atoms with E-state index in [-0.39, 0.29) is 11.9 Å². The smallest absolute Gasteiger partial charge is 0.282 e. The number of fused-ring (bicyclic) bond motifs is 1. The van der Waals surface area contributed by atoms with E-state index in [0.29, 0.717) is 13.2 Å². The summed E-state index contributed by atoms with van der Waals surface area (Å²) in [5.41, 5.74) is 4.59. The summed E-state index contributed by atoms with van der Waals surface area (Å²) < 4.78 is 6.03. The molecule has 164 valence electrons. The Labute approximate surface area is 189 Å². The predicted octanol–water partition coefficient (Wildman–Crippen LogP) is 2.87. The maximum atomic E-state index is 13.7. The summed E-state index contributed by atoms with van der Waals surface area (Å²) in [5, 5.41) is 0. The molecule has 5 nitrogen and oxygen atoms in total. The van der Waals surface area contributed by atoms with E-state index in [1.54, 1.807) is 0 Å². The number of anilines is 2. The van der Waals surface area contributed by atoms with Gasteiger partial charge in [-0.25, -0.2) is 0 Å². The molecule has 0 spiro atoms. The maximum Gasteiger partial charge on any atom is 0.282 e. The van der Waals surface area contributed by atoms with Crippen LogP contribution in [0.1, 0.15) is 17.2 Å². The van der Waals surface area contributed by atoms with Crippen molar-refractivity contribution in [1.29, 1.82) is 0 Å². The molecular formula is C27H30N3O2+. The lowest BCUT2D eigenvalue weighted by molar-refractivity contribution is -0.892. The number of amides is 1. The van der Waals surface area contributed by atoms with Gasteiger partial charge in [-0.05, 0) is 36.2 Å². The van der Waals surface area contributed by atoms with Crippen molar-refractivity contribution < 1.29 is 14.4 Å². The van der Waals surface area contributed by atoms with Crippen molar-refractivity contribution >= 4 is 17.3 Å². The van der Waals surface area contributed by atoms with Gasteiger partial charge in [0.2, 0.25) is 0 Å². The first kappa shape index (κ1) is 20.6. The molecule has 0 unspecified atom stereocenters. The number of nitrogens with one attached hydrogen (secondary N) is 1. The molecule has 5 heteroatoms. The summed E-state index contributed by atoms with van der Waals surface area (Å²) in [7, 11) is 0. The second kappa shape index (κ2) is 9.05. The van der Waals surface area contributed by atoms with E-state index < -0.39 is 0 Å². The fourth-order valence-electron chi connectivity index (χ4n) is 4.88. The van der Waals surface area contributed by atoms with Crippen LogP contribution in [0.3, 0.4) is 0 Å². The minimum Gasteiger partial charge on any atom is -0.489 e. The van der Waals surface area contributed by atoms with Crippen molar-refractivity contribution in [3.8, 4) is 5.75 Å². The lowest BCUT2D eigenvalue weighted by Gasteiger charge is -2.39. The van der Waals surface area contributed by atoms with Crippen molar-refractivity contribution in [3.05, 3.63) is 90.0 Å². The molecule has 5 rings (SSSR count). The molecule has 0 saturated carbocycles. The molecule has 2 heterocycles. The van der Waals surface area contributed by atoms with Gasteiger partial charge in [0.05, 0.1) is 37.9 Å². The van der Waals surface area contributed by atoms with Crippen molar-refractivity contribution in [2.24, 2.45) is 0 Å². The highest BCUT2D eigenvalue weighted by molar-refractivity contribution is 5.96. The molecule has 2 aliphatic heterocycles. The van der Waals surface area contributed by atoms with Crippen LogP contribution in [0, 0.1) is 6.92 Å². The van der Waals surface area contributed by atoms with Crippen LogP contribution in [-0.4, -0.2) is 45.2 Å². The highest BCUT2D eigenvalue weighted by atomic mass is 16.5. The third kappa shape index (κ3) is 4.08. The summed E-state index contributed by atoms with van der Waals surface area (Å²) in [5.74, 6) is 0.946. The normalized spacial score (nSPS) is 18.7. The van der Waals surface area contributed by atoms with Gasteiger partial charge in [-0.2, -0.15) is 0 Å². The largest absolute Gasteiger partial charge is 0.489 e. The summed E-state index contributed by atoms with van der Waals surface area (Å²) in [4.78, 5) is 19.4. The van der Waals surface area contributed by atoms with Crippen LogP contribution in [0.2, 0.25) is 0 Å². The van der Waals surface area contributed by atoms with Gasteiger partial charge in [-0.1, -0.05) is 60.7 Å². The van der Waals surface area contributed by atoms with Crippen LogP contribution in [0.4, 0.5) is 11.4 Å². The number of quaternary nitrogens is 1. The molecule has 2 aliphatic rings. The van der Waals surface area contributed by atoms with Crippen LogP contribution in [0.15, 0.2) is 78.9 Å². The Morgan fingerprint density at radius 2 is 1.56 bits per heavy atom. The monoisotopic (exact) mass is 428 g/mol. The van der Waals surface area contributed by atoms with Gasteiger partial charge in [0, 0.05) is 5.69 Å². The molecule has 32 heavy (non-hydrogen) atoms. The van der Waals surface area contributed by atoms with Crippen LogP contribution in [0.5, 0.6) is 5.75 Å². The molecule has 0 radical (unpaired) electrons. The standard InChI is InChI=1S/C27H29N3O2/c1-21-9-5-6-12-23(21)29-17-15-28(16-18-29)19-27(31)30-24-13-7-8-14-26(24)32-20-25(30)22-10-3-2-4-11-22/h2-14,25H,15-20H2,1H3/p+1/t25-/m1/s1. The molecule has 0 aliphatic carbocycles. The minimum absolute atomic E-state index is 0.105. The zero-order valence-corrected chi connectivity index (χ0v) is 18.5. The van der Waals surface area contributed by atoms with Crippen molar-refractivity contribution in [2.45, 2.75) is 13.0 Å². The van der Waals surface area contributed by atoms with Crippen LogP contribution in [-0.2, 0) is 4.79 Å². The van der Waals surface area contributed by atoms with Gasteiger partial charge < -0.3 is 14.5 Å². The summed E-state index contributed by atoms with van der Waals surface area (Å²) in [6, 6.07) is 26.5. The number of para-hydroxylation sites is 3. The van der Waals surface area contributed by atoms with Gasteiger partial charge in [-0.3, -0.25) is 9.69 Å². The first-order valence-corrected chi connectivity index (χ1v) is 11.4. The van der Waals surface area contributed by atoms with Gasteiger partial charge in [-0.15, -0.1) is 0 Å². The number of carbonyl (C=O) groups excluding carboxylic acids is 1. The lowest BCUT2D eigenvalue weighted by atomic mass is 10.0. The second-order valence-electron chi connectivity index (χ2n) is 8.67. The molecule has 0 bridgehead atoms. The van der Waals surface area contributed by atoms with Crippen LogP contribution in [0.25, 0.3) is 0 Å². The Kier molecular flexibility index (Phi) is 5.82. The average Bonchev–Trinajstić information content (AvgIpc) is 2.85. The molecule has 3 aromatic carbocycles. The van der Waals surface area contributed by atoms with E-state index in [4.69, 9.17) is 4.74 Å². The number of hydrogen-bond donors (Lipinski definition) is 1. The third-order valence-electron chi connectivity index (χ3n) is 6.61. The average molecular weight is 429 g/mol. The Hall–Kier alpha value is -3.31. The lowest BCUT2D eigenvalue weighted by Crippen LogP contribution is -3.16. The predicted molar refractivity (Wildman–Crippen MR) is 128 cm³/mol. The Bertz CT molecular complexity index is 1080. The third-order valence-corrected chi connectivity index (χ3v) is 6.61. The highest BCUT2D eigenvalue weighted by Gasteiger charge is 2.35. The van der Waals surface area contributed by atoms with Crippen molar-refractivity contribution in [2.75, 3.05) is 49.1 Å². The van der Waals surface area contributed by atoms with E-state index in [9.17, 15) is 4.79 Å². The number of hydrogen-bond acceptors (Lipinski definition) is 3. The molecular weight excluding hydrogens is 398 g/mol. The number of ether oxygens (including phenoxy) is 1. The summed E-state index contributed by atoms with van der Waals surface area (Å²) in [6.07, 6.45) is 0. The summed E-state index contributed by atoms with van der Waals surface area (Å²) >= 11 is 0. The van der Waals surface area contributed by atoms with Crippen molar-refractivity contribution in [1.82, 2.24) is 0 Å². The first-order valence-electron chi connectivity index (χ1n) is 11.4. The number of benzene rings is 3. The fourth-order valence-corrected chi connectivity index (χ4v) is 4.88. The van der Waals surface area contributed by atoms with Gasteiger partial charge in [0.1, 0.15) is 12.4 Å². The molecule has 1 amide bonds. The molecule has 1 saturated heterocycles. The molecule has 3 aromatic rings. The Morgan fingerprint density at radius 3 is 2.31 bits per heavy atom. The zero-order chi connectivity index (χ0) is 21.9. The van der Waals surface area contributed by atoms with Gasteiger partial charge in [0.15, 0.2) is 6.54 Å². The number of carbonyl (C=O) groups is 1. The number of aryl methyl sites for hydroxylation is 1. The van der Waals surface area contributed by atoms with Crippen LogP contribution < -0.4 is 19.4 Å². The number of piperazine rings is 1. The zero-order valence-electron chi connectivity index (χ0n) is 18.5. The number of nitrogens with zero attached hydrogens (tertiary/aromatic N) is 2. The molecule has 0 aromatic heterocycles. The van der Waals surface area contributed by atoms with E-state index in [1.807, 2.05) is 47.4 Å². The Balaban J connectivity index is 1.32. The molecule has 1 N–H and O–H groups in total. The highest BCUT2D eigenvalue weighted by Crippen LogP contribution is 2.39. The fraction of sp³-hybridized carbons (Fsp3) is 0.296. The van der Waals surface area contributed by atoms with E-state index in [2.05, 4.69) is 48.2 Å². The summed E-state index contributed by atoms with van der Waals surface area (Å²) in [6.45, 7) is 6.99. The first-order chi connectivity index (χ1) is 15.7. The number of rotatable bonds is 4. The van der Waals surface area contributed by atoms with Crippen molar-refractivity contribution in [3.63, 3.8) is 0 Å². The van der Waals surface area contributed by atoms with Crippen LogP contribution >= 0.6 is 0 Å². The van der Waals surface area contributed by atoms with E-state index in [1.165, 1.54) is 16.2 Å². The minimum atomic E-state index is -0.105.